The molecular weight excluding hydrogens is 120 g/mol. The van der Waals surface area contributed by atoms with E-state index in [2.05, 4.69) is 0 Å². The highest BCUT2D eigenvalue weighted by atomic mass is 28.4. The molecule has 3 heteroatoms. The second-order valence-electron chi connectivity index (χ2n) is 2.52. The Morgan fingerprint density at radius 2 is 1.62 bits per heavy atom. The molecule has 2 saturated heterocycles. The van der Waals surface area contributed by atoms with E-state index in [0.29, 0.717) is 6.79 Å². The van der Waals surface area contributed by atoms with Crippen molar-refractivity contribution < 1.29 is 8.85 Å². The van der Waals surface area contributed by atoms with Crippen molar-refractivity contribution in [3.63, 3.8) is 0 Å². The molecular formula is C5H10O2Si. The van der Waals surface area contributed by atoms with Gasteiger partial charge in [0, 0.05) is 0 Å². The van der Waals surface area contributed by atoms with E-state index in [1.165, 1.54) is 24.9 Å². The van der Waals surface area contributed by atoms with Crippen molar-refractivity contribution in [2.75, 3.05) is 6.79 Å². The molecule has 0 amide bonds. The number of hydrogen-bond donors (Lipinski definition) is 0. The van der Waals surface area contributed by atoms with E-state index >= 15 is 0 Å². The molecule has 0 radical (unpaired) electrons. The Hall–Kier alpha value is 0.137. The van der Waals surface area contributed by atoms with Crippen molar-refractivity contribution in [3.05, 3.63) is 0 Å². The molecule has 0 unspecified atom stereocenters. The van der Waals surface area contributed by atoms with Crippen LogP contribution >= 0.6 is 0 Å². The summed E-state index contributed by atoms with van der Waals surface area (Å²) in [6, 6.07) is 2.51. The molecule has 0 aromatic heterocycles. The molecule has 2 heterocycles. The summed E-state index contributed by atoms with van der Waals surface area (Å²) in [5.41, 5.74) is 0. The Morgan fingerprint density at radius 3 is 1.88 bits per heavy atom. The second-order valence-corrected chi connectivity index (χ2v) is 5.92. The van der Waals surface area contributed by atoms with Crippen molar-refractivity contribution in [2.24, 2.45) is 0 Å². The smallest absolute Gasteiger partial charge is 0.341 e. The molecule has 2 aliphatic heterocycles. The zero-order valence-electron chi connectivity index (χ0n) is 4.85. The van der Waals surface area contributed by atoms with Gasteiger partial charge in [0.25, 0.3) is 0 Å². The summed E-state index contributed by atoms with van der Waals surface area (Å²) in [6.45, 7) is 0.590. The fraction of sp³-hybridized carbons (Fsp3) is 1.00. The van der Waals surface area contributed by atoms with Gasteiger partial charge in [-0.05, 0) is 12.1 Å². The lowest BCUT2D eigenvalue weighted by molar-refractivity contribution is -0.0336. The van der Waals surface area contributed by atoms with Gasteiger partial charge in [-0.15, -0.1) is 0 Å². The summed E-state index contributed by atoms with van der Waals surface area (Å²) in [4.78, 5) is 0. The lowest BCUT2D eigenvalue weighted by Crippen LogP contribution is -2.49. The number of rotatable bonds is 0. The van der Waals surface area contributed by atoms with Crippen LogP contribution in [-0.2, 0) is 8.85 Å². The topological polar surface area (TPSA) is 18.5 Å². The Labute approximate surface area is 50.0 Å². The Morgan fingerprint density at radius 1 is 1.00 bits per heavy atom. The first kappa shape index (κ1) is 4.96. The van der Waals surface area contributed by atoms with Crippen LogP contribution in [0.5, 0.6) is 0 Å². The Bertz CT molecular complexity index is 92.6. The fourth-order valence-corrected chi connectivity index (χ4v) is 4.28. The first-order valence-electron chi connectivity index (χ1n) is 3.19. The molecule has 0 atom stereocenters. The summed E-state index contributed by atoms with van der Waals surface area (Å²) in [7, 11) is -1.38. The van der Waals surface area contributed by atoms with Crippen LogP contribution in [0.15, 0.2) is 0 Å². The minimum Gasteiger partial charge on any atom is -0.371 e. The molecule has 46 valence electrons. The first-order valence-corrected chi connectivity index (χ1v) is 5.42. The molecule has 0 N–H and O–H groups in total. The molecule has 2 aliphatic rings. The monoisotopic (exact) mass is 130 g/mol. The van der Waals surface area contributed by atoms with Gasteiger partial charge in [-0.25, -0.2) is 0 Å². The quantitative estimate of drug-likeness (QED) is 0.459. The molecule has 0 aromatic carbocycles. The highest BCUT2D eigenvalue weighted by molar-refractivity contribution is 6.69. The normalized spacial score (nSPS) is 33.0. The van der Waals surface area contributed by atoms with E-state index in [9.17, 15) is 0 Å². The summed E-state index contributed by atoms with van der Waals surface area (Å²) in [5, 5.41) is 0. The minimum atomic E-state index is -1.38. The van der Waals surface area contributed by atoms with Gasteiger partial charge in [-0.1, -0.05) is 12.8 Å². The summed E-state index contributed by atoms with van der Waals surface area (Å²) < 4.78 is 10.8. The molecule has 0 saturated carbocycles. The van der Waals surface area contributed by atoms with Gasteiger partial charge in [0.2, 0.25) is 0 Å². The molecule has 2 nitrogen and oxygen atoms in total. The summed E-state index contributed by atoms with van der Waals surface area (Å²) in [5.74, 6) is 0. The van der Waals surface area contributed by atoms with E-state index in [1.54, 1.807) is 0 Å². The van der Waals surface area contributed by atoms with Gasteiger partial charge >= 0.3 is 8.56 Å². The predicted molar refractivity (Wildman–Crippen MR) is 31.6 cm³/mol. The van der Waals surface area contributed by atoms with Crippen LogP contribution in [0.4, 0.5) is 0 Å². The van der Waals surface area contributed by atoms with Crippen molar-refractivity contribution in [1.82, 2.24) is 0 Å². The standard InChI is InChI=1S/C5H10O2Si/c1-2-4-8(3-1)6-5-7-8/h1-5H2. The van der Waals surface area contributed by atoms with Crippen molar-refractivity contribution >= 4 is 8.56 Å². The van der Waals surface area contributed by atoms with Gasteiger partial charge in [0.15, 0.2) is 0 Å². The molecule has 1 spiro atoms. The highest BCUT2D eigenvalue weighted by Gasteiger charge is 2.46. The third kappa shape index (κ3) is 0.551. The van der Waals surface area contributed by atoms with Crippen LogP contribution in [0.25, 0.3) is 0 Å². The molecule has 0 aliphatic carbocycles. The SMILES string of the molecule is C1CC[Si]2(C1)OCO2. The fourth-order valence-electron chi connectivity index (χ4n) is 1.43. The maximum Gasteiger partial charge on any atom is 0.341 e. The van der Waals surface area contributed by atoms with Crippen LogP contribution in [0, 0.1) is 0 Å². The van der Waals surface area contributed by atoms with Crippen LogP contribution in [-0.4, -0.2) is 15.4 Å². The minimum absolute atomic E-state index is 0.590. The zero-order valence-corrected chi connectivity index (χ0v) is 5.85. The molecule has 2 fully saturated rings. The van der Waals surface area contributed by atoms with Gasteiger partial charge in [0.05, 0.1) is 0 Å². The van der Waals surface area contributed by atoms with Crippen molar-refractivity contribution in [2.45, 2.75) is 24.9 Å². The Kier molecular flexibility index (Phi) is 0.967. The van der Waals surface area contributed by atoms with Gasteiger partial charge in [-0.2, -0.15) is 0 Å². The van der Waals surface area contributed by atoms with Gasteiger partial charge in [0.1, 0.15) is 6.79 Å². The lowest BCUT2D eigenvalue weighted by atomic mass is 10.4. The third-order valence-corrected chi connectivity index (χ3v) is 5.53. The van der Waals surface area contributed by atoms with E-state index in [1.807, 2.05) is 0 Å². The largest absolute Gasteiger partial charge is 0.371 e. The predicted octanol–water partition coefficient (Wildman–Crippen LogP) is 1.23. The lowest BCUT2D eigenvalue weighted by Gasteiger charge is -2.35. The molecule has 0 aromatic rings. The van der Waals surface area contributed by atoms with Gasteiger partial charge < -0.3 is 8.85 Å². The van der Waals surface area contributed by atoms with E-state index in [4.69, 9.17) is 8.85 Å². The van der Waals surface area contributed by atoms with Crippen LogP contribution in [0.2, 0.25) is 12.1 Å². The number of hydrogen-bond acceptors (Lipinski definition) is 2. The van der Waals surface area contributed by atoms with Crippen molar-refractivity contribution in [1.29, 1.82) is 0 Å². The van der Waals surface area contributed by atoms with Crippen LogP contribution < -0.4 is 0 Å². The van der Waals surface area contributed by atoms with Crippen LogP contribution in [0.1, 0.15) is 12.8 Å². The maximum atomic E-state index is 5.40. The van der Waals surface area contributed by atoms with E-state index in [-0.39, 0.29) is 0 Å². The highest BCUT2D eigenvalue weighted by Crippen LogP contribution is 2.36. The van der Waals surface area contributed by atoms with Crippen LogP contribution in [0.3, 0.4) is 0 Å². The third-order valence-electron chi connectivity index (χ3n) is 2.01. The average Bonchev–Trinajstić information content (AvgIpc) is 2.07. The first-order chi connectivity index (χ1) is 3.91. The second kappa shape index (κ2) is 1.56. The van der Waals surface area contributed by atoms with E-state index in [0.717, 1.165) is 0 Å². The van der Waals surface area contributed by atoms with Crippen molar-refractivity contribution in [3.8, 4) is 0 Å². The summed E-state index contributed by atoms with van der Waals surface area (Å²) in [6.07, 6.45) is 2.68. The van der Waals surface area contributed by atoms with Gasteiger partial charge in [-0.3, -0.25) is 0 Å². The van der Waals surface area contributed by atoms with E-state index < -0.39 is 8.56 Å². The Balaban J connectivity index is 2.01. The molecule has 2 rings (SSSR count). The molecule has 8 heavy (non-hydrogen) atoms. The summed E-state index contributed by atoms with van der Waals surface area (Å²) >= 11 is 0. The zero-order chi connectivity index (χ0) is 5.45. The molecule has 0 bridgehead atoms. The maximum absolute atomic E-state index is 5.40. The average molecular weight is 130 g/mol.